The van der Waals surface area contributed by atoms with E-state index in [0.717, 1.165) is 45.9 Å². The van der Waals surface area contributed by atoms with E-state index in [1.165, 1.54) is 10.6 Å². The zero-order valence-electron chi connectivity index (χ0n) is 16.8. The minimum atomic E-state index is -0.930. The molecule has 0 bridgehead atoms. The van der Waals surface area contributed by atoms with Crippen LogP contribution < -0.4 is 5.56 Å². The molecule has 1 N–H and O–H groups in total. The van der Waals surface area contributed by atoms with Crippen LogP contribution in [0.5, 0.6) is 0 Å². The Morgan fingerprint density at radius 1 is 1.06 bits per heavy atom. The van der Waals surface area contributed by atoms with E-state index in [0.29, 0.717) is 6.42 Å². The molecule has 2 aromatic heterocycles. The monoisotopic (exact) mass is 422 g/mol. The van der Waals surface area contributed by atoms with Crippen LogP contribution in [0.2, 0.25) is 0 Å². The first-order valence-electron chi connectivity index (χ1n) is 9.75. The minimum Gasteiger partial charge on any atom is -0.480 e. The van der Waals surface area contributed by atoms with Crippen LogP contribution in [0.3, 0.4) is 0 Å². The Kier molecular flexibility index (Phi) is 5.42. The fraction of sp³-hybridized carbons (Fsp3) is 0.167. The van der Waals surface area contributed by atoms with E-state index in [-0.39, 0.29) is 24.2 Å². The van der Waals surface area contributed by atoms with E-state index in [4.69, 9.17) is 0 Å². The lowest BCUT2D eigenvalue weighted by atomic mass is 10.0. The average molecular weight is 422 g/mol. The summed E-state index contributed by atoms with van der Waals surface area (Å²) in [4.78, 5) is 23.6. The molecule has 0 aliphatic rings. The second-order valence-electron chi connectivity index (χ2n) is 7.48. The van der Waals surface area contributed by atoms with Crippen molar-refractivity contribution in [3.05, 3.63) is 105 Å². The van der Waals surface area contributed by atoms with Crippen LogP contribution in [0.15, 0.2) is 65.6 Å². The van der Waals surface area contributed by atoms with E-state index in [1.807, 2.05) is 31.2 Å². The molecule has 7 heteroatoms. The number of aliphatic carboxylic acids is 1. The molecule has 4 rings (SSSR count). The van der Waals surface area contributed by atoms with Gasteiger partial charge in [0.2, 0.25) is 0 Å². The van der Waals surface area contributed by atoms with Gasteiger partial charge in [0.15, 0.2) is 0 Å². The topological polar surface area (TPSA) is 64.2 Å². The molecule has 0 fully saturated rings. The van der Waals surface area contributed by atoms with Gasteiger partial charge in [-0.25, -0.2) is 8.78 Å². The van der Waals surface area contributed by atoms with Gasteiger partial charge in [-0.2, -0.15) is 0 Å². The summed E-state index contributed by atoms with van der Waals surface area (Å²) < 4.78 is 30.6. The predicted molar refractivity (Wildman–Crippen MR) is 113 cm³/mol. The zero-order valence-corrected chi connectivity index (χ0v) is 16.8. The summed E-state index contributed by atoms with van der Waals surface area (Å²) in [7, 11) is 0. The fourth-order valence-corrected chi connectivity index (χ4v) is 3.93. The van der Waals surface area contributed by atoms with Crippen molar-refractivity contribution in [2.75, 3.05) is 0 Å². The molecule has 31 heavy (non-hydrogen) atoms. The Bertz CT molecular complexity index is 1350. The lowest BCUT2D eigenvalue weighted by molar-refractivity contribution is -0.137. The highest BCUT2D eigenvalue weighted by molar-refractivity contribution is 5.87. The number of carbonyl (C=O) groups is 1. The maximum Gasteiger partial charge on any atom is 0.323 e. The van der Waals surface area contributed by atoms with Gasteiger partial charge in [0, 0.05) is 40.8 Å². The minimum absolute atomic E-state index is 0.0873. The molecule has 0 radical (unpaired) electrons. The van der Waals surface area contributed by atoms with Gasteiger partial charge in [0.05, 0.1) is 6.54 Å². The van der Waals surface area contributed by atoms with Crippen LogP contribution in [0.4, 0.5) is 8.78 Å². The number of nitrogens with zero attached hydrogens (tertiary/aromatic N) is 2. The van der Waals surface area contributed by atoms with E-state index >= 15 is 0 Å². The second-order valence-corrected chi connectivity index (χ2v) is 7.48. The quantitative estimate of drug-likeness (QED) is 0.509. The van der Waals surface area contributed by atoms with Crippen molar-refractivity contribution < 1.29 is 18.7 Å². The molecule has 0 aliphatic heterocycles. The van der Waals surface area contributed by atoms with Gasteiger partial charge < -0.3 is 14.2 Å². The van der Waals surface area contributed by atoms with Crippen molar-refractivity contribution in [1.82, 2.24) is 9.13 Å². The molecule has 0 spiro atoms. The van der Waals surface area contributed by atoms with Crippen LogP contribution >= 0.6 is 0 Å². The molecule has 0 saturated carbocycles. The van der Waals surface area contributed by atoms with Crippen LogP contribution in [-0.2, 0) is 24.3 Å². The molecular formula is C24H20F2N2O3. The molecule has 158 valence electrons. The van der Waals surface area contributed by atoms with Crippen molar-refractivity contribution >= 4 is 16.9 Å². The van der Waals surface area contributed by atoms with Crippen molar-refractivity contribution in [2.24, 2.45) is 0 Å². The number of hydrogen-bond acceptors (Lipinski definition) is 2. The summed E-state index contributed by atoms with van der Waals surface area (Å²) in [5.41, 5.74) is 3.19. The summed E-state index contributed by atoms with van der Waals surface area (Å²) >= 11 is 0. The van der Waals surface area contributed by atoms with Crippen LogP contribution in [0.1, 0.15) is 22.4 Å². The maximum absolute atomic E-state index is 14.0. The highest BCUT2D eigenvalue weighted by Crippen LogP contribution is 2.28. The number of hydrogen-bond donors (Lipinski definition) is 1. The van der Waals surface area contributed by atoms with Crippen LogP contribution in [-0.4, -0.2) is 20.2 Å². The Labute approximate surface area is 176 Å². The van der Waals surface area contributed by atoms with E-state index in [9.17, 15) is 23.5 Å². The van der Waals surface area contributed by atoms with Gasteiger partial charge in [-0.3, -0.25) is 9.59 Å². The Morgan fingerprint density at radius 3 is 2.61 bits per heavy atom. The molecular weight excluding hydrogens is 402 g/mol. The number of para-hydroxylation sites is 1. The first kappa shape index (κ1) is 20.5. The van der Waals surface area contributed by atoms with E-state index < -0.39 is 17.6 Å². The third-order valence-corrected chi connectivity index (χ3v) is 5.43. The summed E-state index contributed by atoms with van der Waals surface area (Å²) in [6.45, 7) is 1.64. The standard InChI is InChI=1S/C24H20F2N2O3/c1-15-20(19-4-2-3-5-22(19)28(15)14-24(30)31)10-16-6-9-23(29)27(12-16)13-17-11-18(25)7-8-21(17)26/h2-9,11-12H,10,13-14H2,1H3,(H,30,31). The second kappa shape index (κ2) is 8.18. The van der Waals surface area contributed by atoms with Gasteiger partial charge in [-0.1, -0.05) is 24.3 Å². The molecule has 0 unspecified atom stereocenters. The van der Waals surface area contributed by atoms with Crippen LogP contribution in [0, 0.1) is 18.6 Å². The number of fused-ring (bicyclic) bond motifs is 1. The molecule has 5 nitrogen and oxygen atoms in total. The van der Waals surface area contributed by atoms with E-state index in [2.05, 4.69) is 0 Å². The number of aromatic nitrogens is 2. The number of pyridine rings is 1. The van der Waals surface area contributed by atoms with Crippen molar-refractivity contribution in [3.8, 4) is 0 Å². The third kappa shape index (κ3) is 4.12. The number of benzene rings is 2. The Morgan fingerprint density at radius 2 is 1.84 bits per heavy atom. The maximum atomic E-state index is 14.0. The highest BCUT2D eigenvalue weighted by atomic mass is 19.1. The number of halogens is 2. The molecule has 0 saturated heterocycles. The normalized spacial score (nSPS) is 11.2. The molecule has 2 heterocycles. The SMILES string of the molecule is Cc1c(Cc2ccc(=O)n(Cc3cc(F)ccc3F)c2)c2ccccc2n1CC(=O)O. The summed E-state index contributed by atoms with van der Waals surface area (Å²) in [6, 6.07) is 13.8. The molecule has 2 aromatic carbocycles. The third-order valence-electron chi connectivity index (χ3n) is 5.43. The molecule has 0 aliphatic carbocycles. The number of carboxylic acid groups (broad SMARTS) is 1. The lowest BCUT2D eigenvalue weighted by Gasteiger charge is -2.10. The first-order chi connectivity index (χ1) is 14.8. The van der Waals surface area contributed by atoms with Crippen molar-refractivity contribution in [3.63, 3.8) is 0 Å². The van der Waals surface area contributed by atoms with E-state index in [1.54, 1.807) is 16.8 Å². The zero-order chi connectivity index (χ0) is 22.1. The fourth-order valence-electron chi connectivity index (χ4n) is 3.93. The lowest BCUT2D eigenvalue weighted by Crippen LogP contribution is -2.20. The largest absolute Gasteiger partial charge is 0.480 e. The van der Waals surface area contributed by atoms with Crippen LogP contribution in [0.25, 0.3) is 10.9 Å². The number of carboxylic acids is 1. The van der Waals surface area contributed by atoms with Gasteiger partial charge >= 0.3 is 5.97 Å². The summed E-state index contributed by atoms with van der Waals surface area (Å²) in [5, 5.41) is 10.2. The van der Waals surface area contributed by atoms with Crippen molar-refractivity contribution in [2.45, 2.75) is 26.4 Å². The number of rotatable bonds is 6. The molecule has 4 aromatic rings. The molecule has 0 atom stereocenters. The summed E-state index contributed by atoms with van der Waals surface area (Å²) in [6.07, 6.45) is 2.10. The first-order valence-corrected chi connectivity index (χ1v) is 9.75. The van der Waals surface area contributed by atoms with Gasteiger partial charge in [0.25, 0.3) is 5.56 Å². The summed E-state index contributed by atoms with van der Waals surface area (Å²) in [5.74, 6) is -2.07. The van der Waals surface area contributed by atoms with Gasteiger partial charge in [0.1, 0.15) is 18.2 Å². The van der Waals surface area contributed by atoms with Crippen molar-refractivity contribution in [1.29, 1.82) is 0 Å². The predicted octanol–water partition coefficient (Wildman–Crippen LogP) is 4.11. The smallest absolute Gasteiger partial charge is 0.323 e. The van der Waals surface area contributed by atoms with Gasteiger partial charge in [-0.15, -0.1) is 0 Å². The Hall–Kier alpha value is -3.74. The highest BCUT2D eigenvalue weighted by Gasteiger charge is 2.16. The van der Waals surface area contributed by atoms with Gasteiger partial charge in [-0.05, 0) is 42.3 Å². The Balaban J connectivity index is 1.73. The average Bonchev–Trinajstić information content (AvgIpc) is 2.98. The molecule has 0 amide bonds.